The first-order valence-corrected chi connectivity index (χ1v) is 3.35. The van der Waals surface area contributed by atoms with Crippen molar-refractivity contribution in [1.82, 2.24) is 5.32 Å². The SMILES string of the molecule is CNC(=O)CCC(C)(C)F. The lowest BCUT2D eigenvalue weighted by Crippen LogP contribution is -2.21. The van der Waals surface area contributed by atoms with Gasteiger partial charge < -0.3 is 5.32 Å². The standard InChI is InChI=1S/C7H14FNO/c1-7(2,8)5-4-6(10)9-3/h4-5H2,1-3H3,(H,9,10). The Hall–Kier alpha value is -0.600. The Morgan fingerprint density at radius 2 is 2.10 bits per heavy atom. The number of rotatable bonds is 3. The normalized spacial score (nSPS) is 11.2. The number of nitrogens with one attached hydrogen (secondary N) is 1. The smallest absolute Gasteiger partial charge is 0.219 e. The van der Waals surface area contributed by atoms with Gasteiger partial charge in [0.1, 0.15) is 5.67 Å². The van der Waals surface area contributed by atoms with Crippen LogP contribution in [0, 0.1) is 0 Å². The van der Waals surface area contributed by atoms with Crippen molar-refractivity contribution in [2.45, 2.75) is 32.4 Å². The van der Waals surface area contributed by atoms with Gasteiger partial charge in [-0.15, -0.1) is 0 Å². The van der Waals surface area contributed by atoms with E-state index in [0.29, 0.717) is 0 Å². The van der Waals surface area contributed by atoms with E-state index in [4.69, 9.17) is 0 Å². The summed E-state index contributed by atoms with van der Waals surface area (Å²) in [4.78, 5) is 10.6. The highest BCUT2D eigenvalue weighted by Gasteiger charge is 2.16. The van der Waals surface area contributed by atoms with Crippen LogP contribution in [0.4, 0.5) is 4.39 Å². The van der Waals surface area contributed by atoms with Crippen molar-refractivity contribution >= 4 is 5.91 Å². The second-order valence-corrected chi connectivity index (χ2v) is 2.89. The van der Waals surface area contributed by atoms with E-state index >= 15 is 0 Å². The van der Waals surface area contributed by atoms with Crippen LogP contribution in [0.25, 0.3) is 0 Å². The Kier molecular flexibility index (Phi) is 3.33. The van der Waals surface area contributed by atoms with Crippen molar-refractivity contribution in [3.8, 4) is 0 Å². The number of carbonyl (C=O) groups is 1. The largest absolute Gasteiger partial charge is 0.359 e. The molecule has 0 aromatic rings. The number of carbonyl (C=O) groups excluding carboxylic acids is 1. The third kappa shape index (κ3) is 5.54. The minimum atomic E-state index is -1.23. The van der Waals surface area contributed by atoms with Crippen molar-refractivity contribution in [3.63, 3.8) is 0 Å². The third-order valence-electron chi connectivity index (χ3n) is 1.23. The van der Waals surface area contributed by atoms with Gasteiger partial charge in [-0.25, -0.2) is 4.39 Å². The third-order valence-corrected chi connectivity index (χ3v) is 1.23. The van der Waals surface area contributed by atoms with E-state index in [1.807, 2.05) is 0 Å². The molecule has 0 saturated carbocycles. The molecule has 0 saturated heterocycles. The lowest BCUT2D eigenvalue weighted by atomic mass is 10.1. The summed E-state index contributed by atoms with van der Waals surface area (Å²) in [7, 11) is 1.55. The Morgan fingerprint density at radius 3 is 2.40 bits per heavy atom. The second kappa shape index (κ2) is 3.54. The summed E-state index contributed by atoms with van der Waals surface area (Å²) in [6.07, 6.45) is 0.548. The zero-order chi connectivity index (χ0) is 8.20. The monoisotopic (exact) mass is 147 g/mol. The number of hydrogen-bond donors (Lipinski definition) is 1. The van der Waals surface area contributed by atoms with Gasteiger partial charge in [0, 0.05) is 13.5 Å². The lowest BCUT2D eigenvalue weighted by molar-refractivity contribution is -0.121. The van der Waals surface area contributed by atoms with Crippen molar-refractivity contribution in [2.75, 3.05) is 7.05 Å². The first kappa shape index (κ1) is 9.40. The van der Waals surface area contributed by atoms with Crippen LogP contribution in [0.1, 0.15) is 26.7 Å². The average Bonchev–Trinajstić information content (AvgIpc) is 1.81. The van der Waals surface area contributed by atoms with E-state index in [0.717, 1.165) is 0 Å². The maximum Gasteiger partial charge on any atom is 0.219 e. The fourth-order valence-corrected chi connectivity index (χ4v) is 0.536. The molecule has 0 atom stereocenters. The summed E-state index contributed by atoms with van der Waals surface area (Å²) in [6.45, 7) is 2.94. The molecule has 0 rings (SSSR count). The molecule has 0 aliphatic carbocycles. The minimum Gasteiger partial charge on any atom is -0.359 e. The van der Waals surface area contributed by atoms with Gasteiger partial charge >= 0.3 is 0 Å². The average molecular weight is 147 g/mol. The molecule has 10 heavy (non-hydrogen) atoms. The van der Waals surface area contributed by atoms with Crippen molar-refractivity contribution in [2.24, 2.45) is 0 Å². The van der Waals surface area contributed by atoms with Crippen LogP contribution < -0.4 is 5.32 Å². The Balaban J connectivity index is 3.46. The van der Waals surface area contributed by atoms with Gasteiger partial charge in [-0.05, 0) is 20.3 Å². The van der Waals surface area contributed by atoms with Crippen LogP contribution in [0.15, 0.2) is 0 Å². The van der Waals surface area contributed by atoms with E-state index in [-0.39, 0.29) is 18.7 Å². The Labute approximate surface area is 60.8 Å². The van der Waals surface area contributed by atoms with E-state index < -0.39 is 5.67 Å². The summed E-state index contributed by atoms with van der Waals surface area (Å²) < 4.78 is 12.7. The number of alkyl halides is 1. The molecule has 0 aliphatic rings. The zero-order valence-electron chi connectivity index (χ0n) is 6.70. The van der Waals surface area contributed by atoms with Crippen LogP contribution in [0.3, 0.4) is 0 Å². The summed E-state index contributed by atoms with van der Waals surface area (Å²) >= 11 is 0. The molecule has 1 amide bonds. The molecule has 60 valence electrons. The highest BCUT2D eigenvalue weighted by Crippen LogP contribution is 2.15. The quantitative estimate of drug-likeness (QED) is 0.639. The maximum atomic E-state index is 12.7. The van der Waals surface area contributed by atoms with Gasteiger partial charge in [0.05, 0.1) is 0 Å². The van der Waals surface area contributed by atoms with Gasteiger partial charge in [-0.1, -0.05) is 0 Å². The molecular weight excluding hydrogens is 133 g/mol. The summed E-state index contributed by atoms with van der Waals surface area (Å²) in [6, 6.07) is 0. The number of halogens is 1. The van der Waals surface area contributed by atoms with Crippen LogP contribution >= 0.6 is 0 Å². The topological polar surface area (TPSA) is 29.1 Å². The molecule has 0 radical (unpaired) electrons. The first-order valence-electron chi connectivity index (χ1n) is 3.35. The van der Waals surface area contributed by atoms with Gasteiger partial charge in [-0.3, -0.25) is 4.79 Å². The molecule has 0 unspecified atom stereocenters. The summed E-state index contributed by atoms with van der Waals surface area (Å²) in [5.74, 6) is -0.106. The van der Waals surface area contributed by atoms with E-state index in [2.05, 4.69) is 5.32 Å². The fourth-order valence-electron chi connectivity index (χ4n) is 0.536. The second-order valence-electron chi connectivity index (χ2n) is 2.89. The summed E-state index contributed by atoms with van der Waals surface area (Å²) in [5, 5.41) is 2.43. The predicted octanol–water partition coefficient (Wildman–Crippen LogP) is 1.26. The Bertz CT molecular complexity index is 117. The maximum absolute atomic E-state index is 12.7. The van der Waals surface area contributed by atoms with Gasteiger partial charge in [0.25, 0.3) is 0 Å². The molecule has 2 nitrogen and oxygen atoms in total. The molecular formula is C7H14FNO. The van der Waals surface area contributed by atoms with E-state index in [9.17, 15) is 9.18 Å². The minimum absolute atomic E-state index is 0.106. The first-order chi connectivity index (χ1) is 4.45. The van der Waals surface area contributed by atoms with Crippen molar-refractivity contribution in [3.05, 3.63) is 0 Å². The zero-order valence-corrected chi connectivity index (χ0v) is 6.70. The lowest BCUT2D eigenvalue weighted by Gasteiger charge is -2.11. The fraction of sp³-hybridized carbons (Fsp3) is 0.857. The highest BCUT2D eigenvalue weighted by molar-refractivity contribution is 5.75. The number of hydrogen-bond acceptors (Lipinski definition) is 1. The molecule has 1 N–H and O–H groups in total. The highest BCUT2D eigenvalue weighted by atomic mass is 19.1. The molecule has 0 spiro atoms. The van der Waals surface area contributed by atoms with Gasteiger partial charge in [0.15, 0.2) is 0 Å². The predicted molar refractivity (Wildman–Crippen MR) is 38.5 cm³/mol. The van der Waals surface area contributed by atoms with E-state index in [1.165, 1.54) is 13.8 Å². The van der Waals surface area contributed by atoms with Crippen molar-refractivity contribution < 1.29 is 9.18 Å². The Morgan fingerprint density at radius 1 is 1.60 bits per heavy atom. The molecule has 0 heterocycles. The molecule has 0 aliphatic heterocycles. The molecule has 0 aromatic heterocycles. The number of amides is 1. The molecule has 3 heteroatoms. The van der Waals surface area contributed by atoms with Crippen LogP contribution in [0.5, 0.6) is 0 Å². The van der Waals surface area contributed by atoms with Crippen LogP contribution in [0.2, 0.25) is 0 Å². The van der Waals surface area contributed by atoms with Gasteiger partial charge in [0.2, 0.25) is 5.91 Å². The van der Waals surface area contributed by atoms with E-state index in [1.54, 1.807) is 7.05 Å². The molecule has 0 bridgehead atoms. The summed E-state index contributed by atoms with van der Waals surface area (Å²) in [5.41, 5.74) is -1.23. The van der Waals surface area contributed by atoms with Crippen molar-refractivity contribution in [1.29, 1.82) is 0 Å². The molecule has 0 fully saturated rings. The molecule has 0 aromatic carbocycles. The van der Waals surface area contributed by atoms with Crippen LogP contribution in [-0.2, 0) is 4.79 Å². The van der Waals surface area contributed by atoms with Crippen LogP contribution in [-0.4, -0.2) is 18.6 Å². The van der Waals surface area contributed by atoms with Gasteiger partial charge in [-0.2, -0.15) is 0 Å².